The van der Waals surface area contributed by atoms with Gasteiger partial charge < -0.3 is 9.84 Å². The summed E-state index contributed by atoms with van der Waals surface area (Å²) in [4.78, 5) is 22.2. The van der Waals surface area contributed by atoms with E-state index in [1.165, 1.54) is 0 Å². The lowest BCUT2D eigenvalue weighted by molar-refractivity contribution is -0.143. The minimum atomic E-state index is -3.92. The highest BCUT2D eigenvalue weighted by molar-refractivity contribution is 7.89. The fourth-order valence-corrected chi connectivity index (χ4v) is 3.46. The van der Waals surface area contributed by atoms with Crippen LogP contribution in [-0.4, -0.2) is 54.7 Å². The van der Waals surface area contributed by atoms with Crippen LogP contribution in [0.15, 0.2) is 0 Å². The number of hydrogen-bond acceptors (Lipinski definition) is 5. The van der Waals surface area contributed by atoms with E-state index in [-0.39, 0.29) is 19.6 Å². The van der Waals surface area contributed by atoms with E-state index in [1.807, 2.05) is 0 Å². The molecule has 1 atom stereocenters. The van der Waals surface area contributed by atoms with Gasteiger partial charge in [0.2, 0.25) is 10.0 Å². The first-order valence-corrected chi connectivity index (χ1v) is 7.37. The Bertz CT molecular complexity index is 418. The van der Waals surface area contributed by atoms with Crippen LogP contribution in [0.3, 0.4) is 0 Å². The van der Waals surface area contributed by atoms with Crippen LogP contribution in [-0.2, 0) is 24.3 Å². The van der Waals surface area contributed by atoms with Gasteiger partial charge in [-0.1, -0.05) is 0 Å². The Hall–Kier alpha value is -1.15. The van der Waals surface area contributed by atoms with Crippen molar-refractivity contribution in [2.45, 2.75) is 32.2 Å². The van der Waals surface area contributed by atoms with Crippen molar-refractivity contribution in [3.05, 3.63) is 0 Å². The predicted molar refractivity (Wildman–Crippen MR) is 62.4 cm³/mol. The Kier molecular flexibility index (Phi) is 5.09. The van der Waals surface area contributed by atoms with Crippen LogP contribution in [0, 0.1) is 0 Å². The smallest absolute Gasteiger partial charge is 0.322 e. The van der Waals surface area contributed by atoms with Gasteiger partial charge >= 0.3 is 11.9 Å². The van der Waals surface area contributed by atoms with Crippen molar-refractivity contribution in [2.24, 2.45) is 0 Å². The van der Waals surface area contributed by atoms with Crippen molar-refractivity contribution >= 4 is 22.0 Å². The van der Waals surface area contributed by atoms with Gasteiger partial charge in [-0.05, 0) is 26.2 Å². The van der Waals surface area contributed by atoms with E-state index in [0.717, 1.165) is 4.31 Å². The number of piperidine rings is 1. The highest BCUT2D eigenvalue weighted by atomic mass is 32.2. The van der Waals surface area contributed by atoms with E-state index in [9.17, 15) is 18.0 Å². The number of carbonyl (C=O) groups excluding carboxylic acids is 1. The van der Waals surface area contributed by atoms with E-state index in [4.69, 9.17) is 5.11 Å². The van der Waals surface area contributed by atoms with Gasteiger partial charge in [0.1, 0.15) is 6.04 Å². The molecule has 1 heterocycles. The molecule has 0 aromatic rings. The third-order valence-corrected chi connectivity index (χ3v) is 4.45. The molecule has 1 saturated heterocycles. The first kappa shape index (κ1) is 14.9. The standard InChI is InChI=1S/C10H17NO6S/c1-2-17-9(12)7-18(15,16)11-6-4-3-5-8(11)10(13)14/h8H,2-7H2,1H3,(H,13,14)/t8-/m1/s1. The quantitative estimate of drug-likeness (QED) is 0.700. The molecule has 1 aliphatic heterocycles. The maximum atomic E-state index is 11.9. The van der Waals surface area contributed by atoms with Crippen molar-refractivity contribution in [3.63, 3.8) is 0 Å². The molecule has 0 aliphatic carbocycles. The summed E-state index contributed by atoms with van der Waals surface area (Å²) in [5.41, 5.74) is 0. The Morgan fingerprint density at radius 2 is 2.06 bits per heavy atom. The van der Waals surface area contributed by atoms with Gasteiger partial charge in [0.25, 0.3) is 0 Å². The minimum absolute atomic E-state index is 0.0940. The molecule has 0 bridgehead atoms. The zero-order valence-corrected chi connectivity index (χ0v) is 11.0. The normalized spacial score (nSPS) is 21.5. The van der Waals surface area contributed by atoms with E-state index < -0.39 is 33.8 Å². The van der Waals surface area contributed by atoms with Gasteiger partial charge in [-0.2, -0.15) is 4.31 Å². The molecule has 18 heavy (non-hydrogen) atoms. The lowest BCUT2D eigenvalue weighted by Crippen LogP contribution is -2.49. The number of sulfonamides is 1. The topological polar surface area (TPSA) is 101 Å². The van der Waals surface area contributed by atoms with Crippen LogP contribution in [0.1, 0.15) is 26.2 Å². The monoisotopic (exact) mass is 279 g/mol. The molecular weight excluding hydrogens is 262 g/mol. The van der Waals surface area contributed by atoms with E-state index in [2.05, 4.69) is 4.74 Å². The van der Waals surface area contributed by atoms with E-state index in [1.54, 1.807) is 6.92 Å². The number of hydrogen-bond donors (Lipinski definition) is 1. The van der Waals surface area contributed by atoms with Gasteiger partial charge in [-0.15, -0.1) is 0 Å². The first-order valence-electron chi connectivity index (χ1n) is 5.76. The number of rotatable bonds is 5. The fourth-order valence-electron chi connectivity index (χ4n) is 1.92. The fraction of sp³-hybridized carbons (Fsp3) is 0.800. The number of carbonyl (C=O) groups is 2. The maximum absolute atomic E-state index is 11.9. The summed E-state index contributed by atoms with van der Waals surface area (Å²) in [5, 5.41) is 8.99. The van der Waals surface area contributed by atoms with Crippen LogP contribution in [0.4, 0.5) is 0 Å². The van der Waals surface area contributed by atoms with Gasteiger partial charge in [-0.25, -0.2) is 8.42 Å². The molecule has 8 heteroatoms. The van der Waals surface area contributed by atoms with Crippen LogP contribution in [0.5, 0.6) is 0 Å². The second-order valence-corrected chi connectivity index (χ2v) is 5.94. The van der Waals surface area contributed by atoms with Crippen molar-refractivity contribution in [1.82, 2.24) is 4.31 Å². The Labute approximate surface area is 106 Å². The lowest BCUT2D eigenvalue weighted by atomic mass is 10.1. The molecule has 0 aromatic carbocycles. The molecule has 1 aliphatic rings. The molecular formula is C10H17NO6S. The van der Waals surface area contributed by atoms with Crippen LogP contribution < -0.4 is 0 Å². The van der Waals surface area contributed by atoms with Crippen LogP contribution in [0.2, 0.25) is 0 Å². The van der Waals surface area contributed by atoms with Crippen LogP contribution >= 0.6 is 0 Å². The van der Waals surface area contributed by atoms with Crippen molar-refractivity contribution < 1.29 is 27.9 Å². The van der Waals surface area contributed by atoms with Gasteiger partial charge in [-0.3, -0.25) is 9.59 Å². The summed E-state index contributed by atoms with van der Waals surface area (Å²) in [6.45, 7) is 1.81. The van der Waals surface area contributed by atoms with Gasteiger partial charge in [0.15, 0.2) is 5.75 Å². The van der Waals surface area contributed by atoms with E-state index in [0.29, 0.717) is 12.8 Å². The lowest BCUT2D eigenvalue weighted by Gasteiger charge is -2.31. The number of carboxylic acids is 1. The van der Waals surface area contributed by atoms with Crippen molar-refractivity contribution in [1.29, 1.82) is 0 Å². The van der Waals surface area contributed by atoms with E-state index >= 15 is 0 Å². The Morgan fingerprint density at radius 3 is 2.61 bits per heavy atom. The predicted octanol–water partition coefficient (Wildman–Crippen LogP) is -0.182. The molecule has 104 valence electrons. The molecule has 7 nitrogen and oxygen atoms in total. The number of nitrogens with zero attached hydrogens (tertiary/aromatic N) is 1. The van der Waals surface area contributed by atoms with Crippen LogP contribution in [0.25, 0.3) is 0 Å². The third kappa shape index (κ3) is 3.67. The third-order valence-electron chi connectivity index (χ3n) is 2.70. The van der Waals surface area contributed by atoms with Gasteiger partial charge in [0.05, 0.1) is 6.61 Å². The minimum Gasteiger partial charge on any atom is -0.480 e. The highest BCUT2D eigenvalue weighted by Gasteiger charge is 2.37. The molecule has 0 radical (unpaired) electrons. The molecule has 0 aromatic heterocycles. The molecule has 0 saturated carbocycles. The maximum Gasteiger partial charge on any atom is 0.322 e. The average molecular weight is 279 g/mol. The second kappa shape index (κ2) is 6.14. The number of aliphatic carboxylic acids is 1. The summed E-state index contributed by atoms with van der Waals surface area (Å²) >= 11 is 0. The number of ether oxygens (including phenoxy) is 1. The summed E-state index contributed by atoms with van der Waals surface area (Å²) < 4.78 is 29.4. The average Bonchev–Trinajstić information content (AvgIpc) is 2.28. The largest absolute Gasteiger partial charge is 0.480 e. The summed E-state index contributed by atoms with van der Waals surface area (Å²) in [6.07, 6.45) is 1.55. The van der Waals surface area contributed by atoms with Crippen molar-refractivity contribution in [3.8, 4) is 0 Å². The number of esters is 1. The van der Waals surface area contributed by atoms with Gasteiger partial charge in [0, 0.05) is 6.54 Å². The Morgan fingerprint density at radius 1 is 1.39 bits per heavy atom. The first-order chi connectivity index (χ1) is 8.38. The molecule has 1 N–H and O–H groups in total. The SMILES string of the molecule is CCOC(=O)CS(=O)(=O)N1CCCC[C@@H]1C(=O)O. The second-order valence-electron chi connectivity index (χ2n) is 4.02. The van der Waals surface area contributed by atoms with Crippen molar-refractivity contribution in [2.75, 3.05) is 18.9 Å². The highest BCUT2D eigenvalue weighted by Crippen LogP contribution is 2.21. The molecule has 0 unspecified atom stereocenters. The zero-order chi connectivity index (χ0) is 13.8. The summed E-state index contributed by atoms with van der Waals surface area (Å²) in [6, 6.07) is -1.07. The summed E-state index contributed by atoms with van der Waals surface area (Å²) in [7, 11) is -3.92. The summed E-state index contributed by atoms with van der Waals surface area (Å²) in [5.74, 6) is -2.83. The molecule has 0 amide bonds. The Balaban J connectivity index is 2.81. The number of carboxylic acid groups (broad SMARTS) is 1. The molecule has 1 rings (SSSR count). The zero-order valence-electron chi connectivity index (χ0n) is 10.2. The molecule has 0 spiro atoms. The molecule has 1 fully saturated rings.